The number of nitro groups is 1. The number of benzene rings is 7. The lowest BCUT2D eigenvalue weighted by molar-refractivity contribution is -0.434. The van der Waals surface area contributed by atoms with Crippen molar-refractivity contribution in [1.29, 1.82) is 0 Å². The van der Waals surface area contributed by atoms with E-state index in [2.05, 4.69) is 65.0 Å². The number of nitrogens with two attached hydrogens (primary N) is 1. The normalized spacial score (nSPS) is 12.7. The Bertz CT molecular complexity index is 4000. The Kier molecular flexibility index (Phi) is 18.1. The minimum atomic E-state index is -5.18. The maximum atomic E-state index is 13.3. The molecule has 0 spiro atoms. The van der Waals surface area contributed by atoms with E-state index in [9.17, 15) is 54.6 Å². The van der Waals surface area contributed by atoms with Gasteiger partial charge in [0.1, 0.15) is 21.6 Å². The Hall–Kier alpha value is -8.17. The molecule has 0 heterocycles. The molecule has 9 N–H and O–H groups in total. The van der Waals surface area contributed by atoms with E-state index in [1.165, 1.54) is 97.1 Å². The molecule has 7 aromatic carbocycles. The predicted molar refractivity (Wildman–Crippen MR) is 272 cm³/mol. The van der Waals surface area contributed by atoms with Gasteiger partial charge >= 0.3 is 0 Å². The van der Waals surface area contributed by atoms with Gasteiger partial charge in [-0.3, -0.25) is 44.0 Å². The van der Waals surface area contributed by atoms with Crippen molar-refractivity contribution in [3.05, 3.63) is 163 Å². The third-order valence-corrected chi connectivity index (χ3v) is 15.0. The van der Waals surface area contributed by atoms with Gasteiger partial charge in [-0.2, -0.15) is 28.8 Å². The van der Waals surface area contributed by atoms with E-state index in [-0.39, 0.29) is 89.6 Å². The molecule has 7 rings (SSSR count). The summed E-state index contributed by atoms with van der Waals surface area (Å²) in [5, 5.41) is 69.1. The van der Waals surface area contributed by atoms with Crippen LogP contribution in [0.25, 0.3) is 10.8 Å². The number of nitrogens with one attached hydrogen (secondary N) is 3. The molecule has 0 saturated carbocycles. The number of phenols is 1. The maximum absolute atomic E-state index is 13.3. The summed E-state index contributed by atoms with van der Waals surface area (Å²) in [6, 6.07) is 24.6. The van der Waals surface area contributed by atoms with E-state index >= 15 is 0 Å². The second kappa shape index (κ2) is 24.7. The van der Waals surface area contributed by atoms with Crippen molar-refractivity contribution in [2.45, 2.75) is 19.6 Å². The van der Waals surface area contributed by atoms with Gasteiger partial charge in [-0.1, -0.05) is 10.1 Å². The van der Waals surface area contributed by atoms with Crippen LogP contribution in [-0.2, 0) is 52.9 Å². The highest BCUT2D eigenvalue weighted by molar-refractivity contribution is 7.94. The van der Waals surface area contributed by atoms with Gasteiger partial charge in [0, 0.05) is 17.8 Å². The first-order valence-corrected chi connectivity index (χ1v) is 26.8. The molecule has 0 aliphatic heterocycles. The number of fused-ring (bicyclic) bond motifs is 1. The molecule has 0 radical (unpaired) electrons. The first kappa shape index (κ1) is 56.6. The molecule has 0 aromatic heterocycles. The minimum absolute atomic E-state index is 0.0734. The van der Waals surface area contributed by atoms with Gasteiger partial charge in [-0.15, -0.1) is 18.9 Å². The van der Waals surface area contributed by atoms with Crippen molar-refractivity contribution in [2.24, 2.45) is 30.7 Å². The fourth-order valence-electron chi connectivity index (χ4n) is 6.44. The molecule has 0 unspecified atom stereocenters. The highest BCUT2D eigenvalue weighted by atomic mass is 32.2. The lowest BCUT2D eigenvalue weighted by atomic mass is 10.1. The fourth-order valence-corrected chi connectivity index (χ4v) is 10.1. The van der Waals surface area contributed by atoms with E-state index in [1.807, 2.05) is 0 Å². The first-order valence-electron chi connectivity index (χ1n) is 20.8. The number of nitrogen functional groups attached to an aromatic ring is 1. The number of sulfonamides is 1. The third kappa shape index (κ3) is 14.2. The van der Waals surface area contributed by atoms with Crippen LogP contribution in [0.4, 0.5) is 51.2 Å². The summed E-state index contributed by atoms with van der Waals surface area (Å²) in [6.45, 7) is -0.340. The summed E-state index contributed by atoms with van der Waals surface area (Å²) in [7, 11) is -13.3. The number of hydrogen-bond acceptors (Lipinski definition) is 29. The minimum Gasteiger partial charge on any atom is -0.505 e. The Morgan fingerprint density at radius 2 is 1.26 bits per heavy atom. The monoisotopic (exact) mass is 1160 g/mol. The molecule has 77 heavy (non-hydrogen) atoms. The molecule has 0 amide bonds. The molecule has 0 saturated heterocycles. The van der Waals surface area contributed by atoms with Crippen molar-refractivity contribution >= 4 is 116 Å². The Morgan fingerprint density at radius 1 is 0.688 bits per heavy atom. The summed E-state index contributed by atoms with van der Waals surface area (Å²) in [5.41, 5.74) is 9.05. The smallest absolute Gasteiger partial charge is 0.296 e. The number of azo groups is 2. The van der Waals surface area contributed by atoms with Crippen molar-refractivity contribution < 1.29 is 73.3 Å². The summed E-state index contributed by atoms with van der Waals surface area (Å²) in [6.07, 6.45) is 0. The number of nitro benzene ring substituents is 1. The highest BCUT2D eigenvalue weighted by Crippen LogP contribution is 2.49. The standard InChI is InChI=1S/C42H33N11O19S5/c43-37-36-23(21-34(73-71-69-59)39(37)50-46-26-7-13-30(14-8-26)75(61,62)20-19-68-74-72-70-60)22-35(77(65,66)67)40(42(36)56)51-47-27-9-15-31(16-10-27)76(63,64)52-28-3-1-24(2-4-28)45-49-38-33(54)18-17-32(41(38)55)48-44-25-5-11-29(12-6-25)53(57)58/h1-18,21-22,44-45,52,56,59-60H,19-20,43H2,(H,65,66,67). The van der Waals surface area contributed by atoms with E-state index < -0.39 is 73.2 Å². The third-order valence-electron chi connectivity index (χ3n) is 10.1. The van der Waals surface area contributed by atoms with Gasteiger partial charge in [0.25, 0.3) is 25.8 Å². The lowest BCUT2D eigenvalue weighted by Gasteiger charge is -2.14. The number of anilines is 4. The van der Waals surface area contributed by atoms with Crippen LogP contribution in [0.15, 0.2) is 181 Å². The molecular formula is C42H33N11O19S5. The molecular weight excluding hydrogens is 1120 g/mol. The first-order chi connectivity index (χ1) is 36.7. The molecule has 0 atom stereocenters. The number of aromatic hydroxyl groups is 1. The van der Waals surface area contributed by atoms with Crippen LogP contribution < -0.4 is 42.9 Å². The quantitative estimate of drug-likeness (QED) is 0.00490. The van der Waals surface area contributed by atoms with Crippen LogP contribution >= 0.6 is 24.4 Å². The van der Waals surface area contributed by atoms with Crippen LogP contribution in [0.3, 0.4) is 0 Å². The van der Waals surface area contributed by atoms with E-state index in [4.69, 9.17) is 20.4 Å². The summed E-state index contributed by atoms with van der Waals surface area (Å²) >= 11 is 0.519. The number of non-ortho nitro benzene ring substituents is 1. The predicted octanol–water partition coefficient (Wildman–Crippen LogP) is 6.57. The van der Waals surface area contributed by atoms with Crippen LogP contribution in [-0.4, -0.2) is 62.7 Å². The van der Waals surface area contributed by atoms with Gasteiger partial charge in [0.2, 0.25) is 10.9 Å². The fraction of sp³-hybridized carbons (Fsp3) is 0.0476. The molecule has 0 bridgehead atoms. The summed E-state index contributed by atoms with van der Waals surface area (Å²) < 4.78 is 103. The van der Waals surface area contributed by atoms with Crippen molar-refractivity contribution in [3.8, 4) is 5.75 Å². The molecule has 7 aromatic rings. The Morgan fingerprint density at radius 3 is 1.86 bits per heavy atom. The topological polar surface area (TPSA) is 443 Å². The number of nitrogens with zero attached hydrogens (tertiary/aromatic N) is 7. The van der Waals surface area contributed by atoms with Crippen LogP contribution in [0, 0.1) is 10.1 Å². The molecule has 35 heteroatoms. The average Bonchev–Trinajstić information content (AvgIpc) is 3.48. The Balaban J connectivity index is 1.07. The van der Waals surface area contributed by atoms with Crippen LogP contribution in [0.5, 0.6) is 5.75 Å². The zero-order valence-corrected chi connectivity index (χ0v) is 42.2. The van der Waals surface area contributed by atoms with E-state index in [0.717, 1.165) is 24.3 Å². The zero-order valence-electron chi connectivity index (χ0n) is 38.1. The van der Waals surface area contributed by atoms with Gasteiger partial charge in [-0.05, 0) is 115 Å². The van der Waals surface area contributed by atoms with Gasteiger partial charge in [0.05, 0.1) is 77.8 Å². The Labute approximate surface area is 439 Å². The van der Waals surface area contributed by atoms with Crippen LogP contribution in [0.2, 0.25) is 0 Å². The number of hydrogen-bond donors (Lipinski definition) is 8. The molecule has 0 fully saturated rings. The number of rotatable bonds is 23. The van der Waals surface area contributed by atoms with Crippen molar-refractivity contribution in [1.82, 2.24) is 0 Å². The van der Waals surface area contributed by atoms with E-state index in [0.29, 0.717) is 17.7 Å². The summed E-state index contributed by atoms with van der Waals surface area (Å²) in [5.74, 6) is -1.42. The highest BCUT2D eigenvalue weighted by Gasteiger charge is 2.26. The zero-order chi connectivity index (χ0) is 55.5. The van der Waals surface area contributed by atoms with Crippen LogP contribution in [0.1, 0.15) is 0 Å². The van der Waals surface area contributed by atoms with Gasteiger partial charge in [-0.25, -0.2) is 27.4 Å². The number of phenolic OH excluding ortho intramolecular Hbond substituents is 1. The number of sulfone groups is 1. The summed E-state index contributed by atoms with van der Waals surface area (Å²) in [4.78, 5) is 34.4. The lowest BCUT2D eigenvalue weighted by Crippen LogP contribution is -2.47. The van der Waals surface area contributed by atoms with Gasteiger partial charge in [0.15, 0.2) is 33.3 Å². The molecule has 0 aliphatic carbocycles. The molecule has 30 nitrogen and oxygen atoms in total. The van der Waals surface area contributed by atoms with E-state index in [1.54, 1.807) is 0 Å². The van der Waals surface area contributed by atoms with Crippen molar-refractivity contribution in [3.63, 3.8) is 0 Å². The largest absolute Gasteiger partial charge is 0.505 e. The SMILES string of the molecule is Nc1c(N=Nc2ccc(S(=O)(=O)CCOSOOO)cc2)c(SOOO)cc2cc(S(=O)(=O)O)c(N=Nc3ccc(S(=O)(=O)Nc4ccc(NN=c5c(=O)ccc(=NNc6ccc([N+](=O)[O-])cc6)c5=O)cc4)cc3)c(O)c12. The second-order valence-corrected chi connectivity index (χ2v) is 21.4. The van der Waals surface area contributed by atoms with Gasteiger partial charge < -0.3 is 10.8 Å². The maximum Gasteiger partial charge on any atom is 0.296 e. The van der Waals surface area contributed by atoms with Crippen molar-refractivity contribution in [2.75, 3.05) is 33.7 Å². The molecule has 400 valence electrons. The molecule has 0 aliphatic rings. The second-order valence-electron chi connectivity index (χ2n) is 14.9. The average molecular weight is 1160 g/mol.